The van der Waals surface area contributed by atoms with Crippen molar-refractivity contribution in [3.8, 4) is 0 Å². The van der Waals surface area contributed by atoms with E-state index in [1.165, 1.54) is 6.07 Å². The van der Waals surface area contributed by atoms with Crippen molar-refractivity contribution in [3.63, 3.8) is 0 Å². The van der Waals surface area contributed by atoms with Crippen LogP contribution in [0.4, 0.5) is 10.1 Å². The molecule has 17 heavy (non-hydrogen) atoms. The predicted molar refractivity (Wildman–Crippen MR) is 72.9 cm³/mol. The van der Waals surface area contributed by atoms with Crippen LogP contribution in [0, 0.1) is 5.82 Å². The fourth-order valence-electron chi connectivity index (χ4n) is 2.22. The summed E-state index contributed by atoms with van der Waals surface area (Å²) in [5.74, 6) is -0.193. The van der Waals surface area contributed by atoms with Crippen LogP contribution in [0.3, 0.4) is 0 Å². The van der Waals surface area contributed by atoms with E-state index in [4.69, 9.17) is 0 Å². The molecular weight excluding hydrogens is 283 g/mol. The van der Waals surface area contributed by atoms with Crippen LogP contribution in [-0.2, 0) is 0 Å². The molecule has 1 heterocycles. The van der Waals surface area contributed by atoms with E-state index in [2.05, 4.69) is 33.1 Å². The molecule has 1 N–H and O–H groups in total. The summed E-state index contributed by atoms with van der Waals surface area (Å²) in [7, 11) is 0. The normalized spacial score (nSPS) is 18.3. The van der Waals surface area contributed by atoms with Gasteiger partial charge in [0.15, 0.2) is 0 Å². The van der Waals surface area contributed by atoms with Crippen LogP contribution in [0.2, 0.25) is 0 Å². The standard InChI is InChI=1S/C13H18BrFN2/c1-2-17-7-5-11(6-8-17)16-13-9-10(15)3-4-12(13)14/h3-4,9,11,16H,2,5-8H2,1H3. The third kappa shape index (κ3) is 3.42. The Hall–Kier alpha value is -0.610. The number of nitrogens with zero attached hydrogens (tertiary/aromatic N) is 1. The number of benzene rings is 1. The maximum Gasteiger partial charge on any atom is 0.125 e. The maximum atomic E-state index is 13.1. The van der Waals surface area contributed by atoms with E-state index in [1.54, 1.807) is 12.1 Å². The lowest BCUT2D eigenvalue weighted by atomic mass is 10.0. The number of piperidine rings is 1. The van der Waals surface area contributed by atoms with Gasteiger partial charge < -0.3 is 10.2 Å². The van der Waals surface area contributed by atoms with Crippen LogP contribution in [0.15, 0.2) is 22.7 Å². The highest BCUT2D eigenvalue weighted by atomic mass is 79.9. The fraction of sp³-hybridized carbons (Fsp3) is 0.538. The van der Waals surface area contributed by atoms with E-state index in [-0.39, 0.29) is 5.82 Å². The Balaban J connectivity index is 1.95. The van der Waals surface area contributed by atoms with Gasteiger partial charge in [-0.05, 0) is 53.5 Å². The van der Waals surface area contributed by atoms with E-state index in [9.17, 15) is 4.39 Å². The summed E-state index contributed by atoms with van der Waals surface area (Å²) in [6.07, 6.45) is 2.24. The van der Waals surface area contributed by atoms with Gasteiger partial charge in [0.1, 0.15) is 5.82 Å². The highest BCUT2D eigenvalue weighted by Crippen LogP contribution is 2.25. The van der Waals surface area contributed by atoms with Gasteiger partial charge in [0, 0.05) is 23.6 Å². The Morgan fingerprint density at radius 2 is 2.12 bits per heavy atom. The summed E-state index contributed by atoms with van der Waals surface area (Å²) in [6.45, 7) is 5.56. The Labute approximate surface area is 110 Å². The van der Waals surface area contributed by atoms with Gasteiger partial charge in [-0.25, -0.2) is 4.39 Å². The highest BCUT2D eigenvalue weighted by Gasteiger charge is 2.18. The minimum absolute atomic E-state index is 0.193. The van der Waals surface area contributed by atoms with Gasteiger partial charge in [-0.15, -0.1) is 0 Å². The average molecular weight is 301 g/mol. The second-order valence-corrected chi connectivity index (χ2v) is 5.33. The topological polar surface area (TPSA) is 15.3 Å². The smallest absolute Gasteiger partial charge is 0.125 e. The molecule has 2 nitrogen and oxygen atoms in total. The molecule has 0 unspecified atom stereocenters. The number of nitrogens with one attached hydrogen (secondary N) is 1. The third-order valence-electron chi connectivity index (χ3n) is 3.32. The zero-order valence-electron chi connectivity index (χ0n) is 10.0. The van der Waals surface area contributed by atoms with Crippen molar-refractivity contribution < 1.29 is 4.39 Å². The van der Waals surface area contributed by atoms with Gasteiger partial charge in [-0.1, -0.05) is 6.92 Å². The third-order valence-corrected chi connectivity index (χ3v) is 4.01. The van der Waals surface area contributed by atoms with Gasteiger partial charge in [-0.2, -0.15) is 0 Å². The van der Waals surface area contributed by atoms with Crippen molar-refractivity contribution in [1.82, 2.24) is 4.90 Å². The van der Waals surface area contributed by atoms with E-state index < -0.39 is 0 Å². The number of rotatable bonds is 3. The Morgan fingerprint density at radius 1 is 1.41 bits per heavy atom. The molecular formula is C13H18BrFN2. The van der Waals surface area contributed by atoms with Crippen molar-refractivity contribution in [2.45, 2.75) is 25.8 Å². The first-order chi connectivity index (χ1) is 8.19. The maximum absolute atomic E-state index is 13.1. The van der Waals surface area contributed by atoms with Crippen LogP contribution in [-0.4, -0.2) is 30.6 Å². The first kappa shape index (κ1) is 12.8. The van der Waals surface area contributed by atoms with E-state index in [0.717, 1.165) is 42.6 Å². The number of anilines is 1. The summed E-state index contributed by atoms with van der Waals surface area (Å²) >= 11 is 3.44. The van der Waals surface area contributed by atoms with Crippen molar-refractivity contribution in [2.75, 3.05) is 25.0 Å². The zero-order chi connectivity index (χ0) is 12.3. The molecule has 94 valence electrons. The number of hydrogen-bond donors (Lipinski definition) is 1. The Morgan fingerprint density at radius 3 is 2.76 bits per heavy atom. The second-order valence-electron chi connectivity index (χ2n) is 4.48. The largest absolute Gasteiger partial charge is 0.381 e. The number of halogens is 2. The summed E-state index contributed by atoms with van der Waals surface area (Å²) in [6, 6.07) is 5.22. The lowest BCUT2D eigenvalue weighted by Gasteiger charge is -2.32. The molecule has 1 saturated heterocycles. The van der Waals surface area contributed by atoms with Gasteiger partial charge in [0.05, 0.1) is 5.69 Å². The first-order valence-electron chi connectivity index (χ1n) is 6.13. The number of likely N-dealkylation sites (tertiary alicyclic amines) is 1. The SMILES string of the molecule is CCN1CCC(Nc2cc(F)ccc2Br)CC1. The molecule has 1 aromatic carbocycles. The predicted octanol–water partition coefficient (Wildman–Crippen LogP) is 3.48. The Kier molecular flexibility index (Phi) is 4.40. The summed E-state index contributed by atoms with van der Waals surface area (Å²) in [5, 5.41) is 3.42. The van der Waals surface area contributed by atoms with Crippen molar-refractivity contribution in [2.24, 2.45) is 0 Å². The van der Waals surface area contributed by atoms with Crippen LogP contribution < -0.4 is 5.32 Å². The number of hydrogen-bond acceptors (Lipinski definition) is 2. The second kappa shape index (κ2) is 5.83. The lowest BCUT2D eigenvalue weighted by molar-refractivity contribution is 0.229. The average Bonchev–Trinajstić information content (AvgIpc) is 2.35. The fourth-order valence-corrected chi connectivity index (χ4v) is 2.58. The molecule has 4 heteroatoms. The van der Waals surface area contributed by atoms with Gasteiger partial charge >= 0.3 is 0 Å². The minimum Gasteiger partial charge on any atom is -0.381 e. The van der Waals surface area contributed by atoms with Crippen LogP contribution >= 0.6 is 15.9 Å². The minimum atomic E-state index is -0.193. The zero-order valence-corrected chi connectivity index (χ0v) is 11.6. The molecule has 0 spiro atoms. The molecule has 0 bridgehead atoms. The molecule has 1 fully saturated rings. The van der Waals surface area contributed by atoms with Gasteiger partial charge in [0.25, 0.3) is 0 Å². The lowest BCUT2D eigenvalue weighted by Crippen LogP contribution is -2.38. The molecule has 0 amide bonds. The van der Waals surface area contributed by atoms with E-state index >= 15 is 0 Å². The molecule has 0 aliphatic carbocycles. The van der Waals surface area contributed by atoms with Crippen LogP contribution in [0.25, 0.3) is 0 Å². The van der Waals surface area contributed by atoms with Gasteiger partial charge in [0.2, 0.25) is 0 Å². The molecule has 0 saturated carbocycles. The van der Waals surface area contributed by atoms with Crippen molar-refractivity contribution in [1.29, 1.82) is 0 Å². The Bertz CT molecular complexity index is 376. The van der Waals surface area contributed by atoms with Crippen LogP contribution in [0.5, 0.6) is 0 Å². The molecule has 1 aliphatic rings. The summed E-state index contributed by atoms with van der Waals surface area (Å²) in [5.41, 5.74) is 0.861. The molecule has 0 radical (unpaired) electrons. The first-order valence-corrected chi connectivity index (χ1v) is 6.92. The molecule has 0 aromatic heterocycles. The van der Waals surface area contributed by atoms with Crippen LogP contribution in [0.1, 0.15) is 19.8 Å². The van der Waals surface area contributed by atoms with Gasteiger partial charge in [-0.3, -0.25) is 0 Å². The summed E-state index contributed by atoms with van der Waals surface area (Å²) in [4.78, 5) is 2.44. The molecule has 0 atom stereocenters. The molecule has 1 aromatic rings. The summed E-state index contributed by atoms with van der Waals surface area (Å²) < 4.78 is 14.1. The van der Waals surface area contributed by atoms with E-state index in [0.29, 0.717) is 6.04 Å². The molecule has 2 rings (SSSR count). The monoisotopic (exact) mass is 300 g/mol. The quantitative estimate of drug-likeness (QED) is 0.919. The van der Waals surface area contributed by atoms with Crippen molar-refractivity contribution in [3.05, 3.63) is 28.5 Å². The highest BCUT2D eigenvalue weighted by molar-refractivity contribution is 9.10. The van der Waals surface area contributed by atoms with Crippen molar-refractivity contribution >= 4 is 21.6 Å². The van der Waals surface area contributed by atoms with E-state index in [1.807, 2.05) is 0 Å². The molecule has 1 aliphatic heterocycles.